The van der Waals surface area contributed by atoms with Gasteiger partial charge in [-0.2, -0.15) is 0 Å². The molecule has 1 atom stereocenters. The van der Waals surface area contributed by atoms with Crippen molar-refractivity contribution in [3.8, 4) is 0 Å². The minimum Gasteiger partial charge on any atom is -0.294 e. The van der Waals surface area contributed by atoms with Crippen LogP contribution in [-0.2, 0) is 0 Å². The fraction of sp³-hybridized carbons (Fsp3) is 0.167. The second-order valence-corrected chi connectivity index (χ2v) is 4.70. The minimum absolute atomic E-state index is 0.104. The summed E-state index contributed by atoms with van der Waals surface area (Å²) < 4.78 is 0. The van der Waals surface area contributed by atoms with E-state index in [0.29, 0.717) is 5.92 Å². The highest BCUT2D eigenvalue weighted by Gasteiger charge is 2.04. The number of carbonyl (C=O) groups excluding carboxylic acids is 1. The number of rotatable bonds is 4. The molecular weight excluding hydrogens is 232 g/mol. The first-order valence-corrected chi connectivity index (χ1v) is 6.51. The van der Waals surface area contributed by atoms with Gasteiger partial charge in [0.25, 0.3) is 0 Å². The maximum Gasteiger partial charge on any atom is 0.160 e. The molecule has 1 heteroatoms. The molecule has 0 radical (unpaired) electrons. The highest BCUT2D eigenvalue weighted by molar-refractivity contribution is 5.97. The fourth-order valence-electron chi connectivity index (χ4n) is 2.08. The minimum atomic E-state index is 0.104. The van der Waals surface area contributed by atoms with Gasteiger partial charge < -0.3 is 0 Å². The highest BCUT2D eigenvalue weighted by atomic mass is 16.1. The van der Waals surface area contributed by atoms with Crippen LogP contribution in [0.2, 0.25) is 0 Å². The summed E-state index contributed by atoms with van der Waals surface area (Å²) in [6.45, 7) is 3.76. The summed E-state index contributed by atoms with van der Waals surface area (Å²) in [4.78, 5) is 11.5. The van der Waals surface area contributed by atoms with Crippen molar-refractivity contribution in [1.29, 1.82) is 0 Å². The first kappa shape index (κ1) is 13.3. The van der Waals surface area contributed by atoms with E-state index in [9.17, 15) is 4.79 Å². The molecule has 96 valence electrons. The molecule has 0 heterocycles. The first-order valence-electron chi connectivity index (χ1n) is 6.51. The standard InChI is InChI=1S/C18H18O/c1-14(16-8-4-3-5-9-16)12-13-17-10-6-7-11-18(17)15(2)19/h3-14H,1-2H3/b13-12+. The lowest BCUT2D eigenvalue weighted by Crippen LogP contribution is -1.95. The van der Waals surface area contributed by atoms with E-state index in [1.54, 1.807) is 6.92 Å². The monoisotopic (exact) mass is 250 g/mol. The van der Waals surface area contributed by atoms with Crippen molar-refractivity contribution in [2.75, 3.05) is 0 Å². The maximum absolute atomic E-state index is 11.5. The average molecular weight is 250 g/mol. The van der Waals surface area contributed by atoms with Gasteiger partial charge in [0.1, 0.15) is 0 Å². The molecule has 2 rings (SSSR count). The largest absolute Gasteiger partial charge is 0.294 e. The van der Waals surface area contributed by atoms with Gasteiger partial charge in [0, 0.05) is 5.56 Å². The SMILES string of the molecule is CC(=O)c1ccccc1/C=C/C(C)c1ccccc1. The normalized spacial score (nSPS) is 12.5. The molecule has 0 aliphatic rings. The van der Waals surface area contributed by atoms with Gasteiger partial charge in [0.05, 0.1) is 0 Å². The zero-order valence-electron chi connectivity index (χ0n) is 11.3. The van der Waals surface area contributed by atoms with Crippen LogP contribution in [0, 0.1) is 0 Å². The van der Waals surface area contributed by atoms with Gasteiger partial charge in [-0.25, -0.2) is 0 Å². The van der Waals surface area contributed by atoms with Crippen molar-refractivity contribution in [2.45, 2.75) is 19.8 Å². The van der Waals surface area contributed by atoms with Gasteiger partial charge in [0.15, 0.2) is 5.78 Å². The second kappa shape index (κ2) is 6.14. The van der Waals surface area contributed by atoms with Gasteiger partial charge in [-0.3, -0.25) is 4.79 Å². The summed E-state index contributed by atoms with van der Waals surface area (Å²) in [5.41, 5.74) is 3.04. The van der Waals surface area contributed by atoms with Crippen LogP contribution in [0.25, 0.3) is 6.08 Å². The lowest BCUT2D eigenvalue weighted by molar-refractivity contribution is 0.101. The molecule has 2 aromatic rings. The summed E-state index contributed by atoms with van der Waals surface area (Å²) >= 11 is 0. The Morgan fingerprint density at radius 2 is 1.63 bits per heavy atom. The molecule has 0 bridgehead atoms. The molecule has 0 aromatic heterocycles. The molecule has 2 aromatic carbocycles. The van der Waals surface area contributed by atoms with E-state index in [1.165, 1.54) is 5.56 Å². The quantitative estimate of drug-likeness (QED) is 0.718. The van der Waals surface area contributed by atoms with Gasteiger partial charge in [-0.05, 0) is 24.0 Å². The Bertz CT molecular complexity index is 582. The van der Waals surface area contributed by atoms with E-state index in [1.807, 2.05) is 48.5 Å². The summed E-state index contributed by atoms with van der Waals surface area (Å²) in [6.07, 6.45) is 4.17. The van der Waals surface area contributed by atoms with Crippen LogP contribution in [0.5, 0.6) is 0 Å². The average Bonchev–Trinajstić information content (AvgIpc) is 2.46. The van der Waals surface area contributed by atoms with Crippen molar-refractivity contribution < 1.29 is 4.79 Å². The lowest BCUT2D eigenvalue weighted by atomic mass is 9.98. The summed E-state index contributed by atoms with van der Waals surface area (Å²) in [5.74, 6) is 0.439. The van der Waals surface area contributed by atoms with Crippen LogP contribution >= 0.6 is 0 Å². The van der Waals surface area contributed by atoms with Gasteiger partial charge >= 0.3 is 0 Å². The molecule has 19 heavy (non-hydrogen) atoms. The molecule has 1 nitrogen and oxygen atoms in total. The number of hydrogen-bond donors (Lipinski definition) is 0. The molecule has 0 spiro atoms. The first-order chi connectivity index (χ1) is 9.18. The van der Waals surface area contributed by atoms with Crippen LogP contribution in [0.3, 0.4) is 0 Å². The van der Waals surface area contributed by atoms with Crippen LogP contribution in [-0.4, -0.2) is 5.78 Å². The third-order valence-electron chi connectivity index (χ3n) is 3.23. The van der Waals surface area contributed by atoms with E-state index >= 15 is 0 Å². The zero-order chi connectivity index (χ0) is 13.7. The smallest absolute Gasteiger partial charge is 0.160 e. The van der Waals surface area contributed by atoms with E-state index in [4.69, 9.17) is 0 Å². The molecule has 1 unspecified atom stereocenters. The molecule has 0 fully saturated rings. The summed E-state index contributed by atoms with van der Waals surface area (Å²) in [5, 5.41) is 0. The Morgan fingerprint density at radius 3 is 2.32 bits per heavy atom. The molecule has 0 aliphatic carbocycles. The third-order valence-corrected chi connectivity index (χ3v) is 3.23. The van der Waals surface area contributed by atoms with E-state index in [2.05, 4.69) is 25.1 Å². The number of Topliss-reactive ketones (excluding diaryl/α,β-unsaturated/α-hetero) is 1. The zero-order valence-corrected chi connectivity index (χ0v) is 11.3. The molecular formula is C18H18O. The number of ketones is 1. The van der Waals surface area contributed by atoms with Crippen molar-refractivity contribution >= 4 is 11.9 Å². The van der Waals surface area contributed by atoms with Gasteiger partial charge in [-0.15, -0.1) is 0 Å². The van der Waals surface area contributed by atoms with Crippen LogP contribution in [0.15, 0.2) is 60.7 Å². The van der Waals surface area contributed by atoms with Crippen molar-refractivity contribution in [3.63, 3.8) is 0 Å². The number of allylic oxidation sites excluding steroid dienone is 1. The van der Waals surface area contributed by atoms with Gasteiger partial charge in [-0.1, -0.05) is 73.7 Å². The Kier molecular flexibility index (Phi) is 4.30. The molecule has 0 amide bonds. The van der Waals surface area contributed by atoms with E-state index in [0.717, 1.165) is 11.1 Å². The maximum atomic E-state index is 11.5. The third kappa shape index (κ3) is 3.41. The lowest BCUT2D eigenvalue weighted by Gasteiger charge is -2.07. The Labute approximate surface area is 114 Å². The fourth-order valence-corrected chi connectivity index (χ4v) is 2.08. The Balaban J connectivity index is 2.22. The molecule has 0 saturated carbocycles. The van der Waals surface area contributed by atoms with E-state index in [-0.39, 0.29) is 5.78 Å². The molecule has 0 saturated heterocycles. The number of carbonyl (C=O) groups is 1. The van der Waals surface area contributed by atoms with Crippen molar-refractivity contribution in [2.24, 2.45) is 0 Å². The Hall–Kier alpha value is -2.15. The topological polar surface area (TPSA) is 17.1 Å². The second-order valence-electron chi connectivity index (χ2n) is 4.70. The molecule has 0 aliphatic heterocycles. The number of benzene rings is 2. The van der Waals surface area contributed by atoms with Crippen LogP contribution < -0.4 is 0 Å². The molecule has 0 N–H and O–H groups in total. The summed E-state index contributed by atoms with van der Waals surface area (Å²) in [7, 11) is 0. The van der Waals surface area contributed by atoms with Crippen molar-refractivity contribution in [1.82, 2.24) is 0 Å². The number of hydrogen-bond acceptors (Lipinski definition) is 1. The predicted molar refractivity (Wildman–Crippen MR) is 80.3 cm³/mol. The van der Waals surface area contributed by atoms with Gasteiger partial charge in [0.2, 0.25) is 0 Å². The highest BCUT2D eigenvalue weighted by Crippen LogP contribution is 2.19. The van der Waals surface area contributed by atoms with Crippen LogP contribution in [0.1, 0.15) is 41.3 Å². The summed E-state index contributed by atoms with van der Waals surface area (Å²) in [6, 6.07) is 18.0. The predicted octanol–water partition coefficient (Wildman–Crippen LogP) is 4.71. The van der Waals surface area contributed by atoms with Crippen molar-refractivity contribution in [3.05, 3.63) is 77.4 Å². The van der Waals surface area contributed by atoms with Crippen LogP contribution in [0.4, 0.5) is 0 Å². The Morgan fingerprint density at radius 1 is 1.00 bits per heavy atom. The van der Waals surface area contributed by atoms with E-state index < -0.39 is 0 Å².